The van der Waals surface area contributed by atoms with Crippen molar-refractivity contribution in [2.45, 2.75) is 26.0 Å². The Morgan fingerprint density at radius 1 is 1.00 bits per heavy atom. The van der Waals surface area contributed by atoms with Crippen molar-refractivity contribution >= 4 is 17.5 Å². The molecule has 1 atom stereocenters. The van der Waals surface area contributed by atoms with E-state index in [2.05, 4.69) is 5.32 Å². The van der Waals surface area contributed by atoms with Crippen molar-refractivity contribution in [3.63, 3.8) is 0 Å². The fourth-order valence-corrected chi connectivity index (χ4v) is 3.68. The minimum Gasteiger partial charge on any atom is -0.479 e. The highest BCUT2D eigenvalue weighted by molar-refractivity contribution is 6.03. The van der Waals surface area contributed by atoms with Gasteiger partial charge >= 0.3 is 0 Å². The van der Waals surface area contributed by atoms with Crippen LogP contribution in [-0.4, -0.2) is 24.5 Å². The summed E-state index contributed by atoms with van der Waals surface area (Å²) in [5, 5.41) is 3.10. The summed E-state index contributed by atoms with van der Waals surface area (Å²) in [7, 11) is 0. The summed E-state index contributed by atoms with van der Waals surface area (Å²) < 4.78 is 5.71. The van der Waals surface area contributed by atoms with Crippen LogP contribution in [0.2, 0.25) is 0 Å². The number of nitrogens with zero attached hydrogens (tertiary/aromatic N) is 1. The number of hydrogen-bond acceptors (Lipinski definition) is 3. The molecule has 1 N–H and O–H groups in total. The number of anilines is 1. The number of fused-ring (bicyclic) bond motifs is 1. The number of nitrogens with one attached hydrogen (secondary N) is 1. The molecule has 0 saturated heterocycles. The predicted octanol–water partition coefficient (Wildman–Crippen LogP) is 4.01. The highest BCUT2D eigenvalue weighted by Gasteiger charge is 2.33. The number of amides is 2. The summed E-state index contributed by atoms with van der Waals surface area (Å²) in [6.07, 6.45) is -0.632. The number of aryl methyl sites for hydroxylation is 1. The zero-order chi connectivity index (χ0) is 21.1. The van der Waals surface area contributed by atoms with Crippen LogP contribution < -0.4 is 15.0 Å². The van der Waals surface area contributed by atoms with Crippen LogP contribution in [0.5, 0.6) is 5.75 Å². The van der Waals surface area contributed by atoms with Crippen molar-refractivity contribution in [2.75, 3.05) is 11.4 Å². The lowest BCUT2D eigenvalue weighted by molar-refractivity contribution is -0.128. The zero-order valence-corrected chi connectivity index (χ0v) is 17.0. The Kier molecular flexibility index (Phi) is 5.53. The predicted molar refractivity (Wildman–Crippen MR) is 116 cm³/mol. The molecule has 5 nitrogen and oxygen atoms in total. The fraction of sp³-hybridized carbons (Fsp3) is 0.200. The molecule has 152 valence electrons. The Bertz CT molecular complexity index is 1010. The van der Waals surface area contributed by atoms with Gasteiger partial charge in [-0.2, -0.15) is 0 Å². The highest BCUT2D eigenvalue weighted by Crippen LogP contribution is 2.34. The third-order valence-corrected chi connectivity index (χ3v) is 5.20. The number of ether oxygens (including phenoxy) is 1. The van der Waals surface area contributed by atoms with E-state index in [-0.39, 0.29) is 24.4 Å². The molecule has 0 radical (unpaired) electrons. The quantitative estimate of drug-likeness (QED) is 0.704. The minimum absolute atomic E-state index is 0.0703. The number of rotatable bonds is 5. The van der Waals surface area contributed by atoms with E-state index in [0.29, 0.717) is 11.4 Å². The van der Waals surface area contributed by atoms with Crippen LogP contribution in [-0.2, 0) is 9.59 Å². The van der Waals surface area contributed by atoms with E-state index < -0.39 is 6.10 Å². The monoisotopic (exact) mass is 400 g/mol. The molecular weight excluding hydrogens is 376 g/mol. The van der Waals surface area contributed by atoms with Crippen LogP contribution in [0, 0.1) is 6.92 Å². The van der Waals surface area contributed by atoms with Gasteiger partial charge in [-0.15, -0.1) is 0 Å². The minimum atomic E-state index is -0.632. The first-order valence-electron chi connectivity index (χ1n) is 10.0. The van der Waals surface area contributed by atoms with Crippen molar-refractivity contribution in [3.05, 3.63) is 95.6 Å². The average Bonchev–Trinajstić information content (AvgIpc) is 2.77. The van der Waals surface area contributed by atoms with Crippen molar-refractivity contribution in [1.29, 1.82) is 0 Å². The largest absolute Gasteiger partial charge is 0.479 e. The molecule has 0 aliphatic carbocycles. The standard InChI is InChI=1S/C25H24N2O3/c1-17-13-14-22-21(15-17)27(25(29)18(2)30-22)16-23(28)26-24(19-9-5-3-6-10-19)20-11-7-4-8-12-20/h3-15,18,24H,16H2,1-2H3,(H,26,28)/t18-/m0/s1. The van der Waals surface area contributed by atoms with Gasteiger partial charge in [-0.3, -0.25) is 14.5 Å². The normalized spacial score (nSPS) is 15.5. The first-order chi connectivity index (χ1) is 14.5. The van der Waals surface area contributed by atoms with E-state index >= 15 is 0 Å². The molecule has 0 aromatic heterocycles. The zero-order valence-electron chi connectivity index (χ0n) is 17.0. The van der Waals surface area contributed by atoms with E-state index in [1.54, 1.807) is 6.92 Å². The molecule has 1 aliphatic heterocycles. The smallest absolute Gasteiger partial charge is 0.268 e. The summed E-state index contributed by atoms with van der Waals surface area (Å²) in [5.74, 6) is 0.157. The van der Waals surface area contributed by atoms with Crippen LogP contribution >= 0.6 is 0 Å². The molecule has 4 rings (SSSR count). The van der Waals surface area contributed by atoms with Crippen LogP contribution in [0.25, 0.3) is 0 Å². The molecule has 0 unspecified atom stereocenters. The number of carbonyl (C=O) groups excluding carboxylic acids is 2. The Labute approximate surface area is 176 Å². The van der Waals surface area contributed by atoms with Crippen molar-refractivity contribution in [3.8, 4) is 5.75 Å². The van der Waals surface area contributed by atoms with Gasteiger partial charge in [0.25, 0.3) is 5.91 Å². The van der Waals surface area contributed by atoms with Gasteiger partial charge in [-0.25, -0.2) is 0 Å². The van der Waals surface area contributed by atoms with Crippen molar-refractivity contribution in [1.82, 2.24) is 5.32 Å². The topological polar surface area (TPSA) is 58.6 Å². The van der Waals surface area contributed by atoms with Crippen LogP contribution in [0.15, 0.2) is 78.9 Å². The summed E-state index contributed by atoms with van der Waals surface area (Å²) in [6, 6.07) is 25.0. The maximum absolute atomic E-state index is 13.1. The van der Waals surface area contributed by atoms with Gasteiger partial charge in [-0.1, -0.05) is 66.7 Å². The van der Waals surface area contributed by atoms with Gasteiger partial charge in [0.1, 0.15) is 12.3 Å². The van der Waals surface area contributed by atoms with E-state index in [4.69, 9.17) is 4.74 Å². The molecule has 5 heteroatoms. The third-order valence-electron chi connectivity index (χ3n) is 5.20. The lowest BCUT2D eigenvalue weighted by Gasteiger charge is -2.33. The van der Waals surface area contributed by atoms with Gasteiger partial charge in [-0.05, 0) is 42.7 Å². The molecule has 0 fully saturated rings. The maximum atomic E-state index is 13.1. The first-order valence-corrected chi connectivity index (χ1v) is 10.0. The lowest BCUT2D eigenvalue weighted by Crippen LogP contribution is -2.49. The van der Waals surface area contributed by atoms with Gasteiger partial charge in [0.05, 0.1) is 11.7 Å². The first kappa shape index (κ1) is 19.7. The van der Waals surface area contributed by atoms with E-state index in [1.165, 1.54) is 4.90 Å². The molecular formula is C25H24N2O3. The number of hydrogen-bond donors (Lipinski definition) is 1. The maximum Gasteiger partial charge on any atom is 0.268 e. The molecule has 3 aromatic rings. The molecule has 3 aromatic carbocycles. The lowest BCUT2D eigenvalue weighted by atomic mass is 9.98. The van der Waals surface area contributed by atoms with Gasteiger partial charge in [0.15, 0.2) is 6.10 Å². The SMILES string of the molecule is Cc1ccc2c(c1)N(CC(=O)NC(c1ccccc1)c1ccccc1)C(=O)[C@H](C)O2. The Hall–Kier alpha value is -3.60. The summed E-state index contributed by atoms with van der Waals surface area (Å²) >= 11 is 0. The summed E-state index contributed by atoms with van der Waals surface area (Å²) in [6.45, 7) is 3.58. The van der Waals surface area contributed by atoms with Gasteiger partial charge in [0, 0.05) is 0 Å². The molecule has 0 bridgehead atoms. The van der Waals surface area contributed by atoms with E-state index in [9.17, 15) is 9.59 Å². The molecule has 0 spiro atoms. The Balaban J connectivity index is 1.60. The fourth-order valence-electron chi connectivity index (χ4n) is 3.68. The molecule has 1 aliphatic rings. The highest BCUT2D eigenvalue weighted by atomic mass is 16.5. The average molecular weight is 400 g/mol. The Morgan fingerprint density at radius 3 is 2.20 bits per heavy atom. The Morgan fingerprint density at radius 2 is 1.60 bits per heavy atom. The van der Waals surface area contributed by atoms with E-state index in [0.717, 1.165) is 16.7 Å². The number of benzene rings is 3. The van der Waals surface area contributed by atoms with Crippen LogP contribution in [0.3, 0.4) is 0 Å². The van der Waals surface area contributed by atoms with Crippen molar-refractivity contribution < 1.29 is 14.3 Å². The second-order valence-corrected chi connectivity index (χ2v) is 7.48. The van der Waals surface area contributed by atoms with Crippen LogP contribution in [0.4, 0.5) is 5.69 Å². The molecule has 30 heavy (non-hydrogen) atoms. The molecule has 1 heterocycles. The molecule has 2 amide bonds. The second kappa shape index (κ2) is 8.41. The van der Waals surface area contributed by atoms with Gasteiger partial charge < -0.3 is 10.1 Å². The summed E-state index contributed by atoms with van der Waals surface area (Å²) in [5.41, 5.74) is 3.59. The third kappa shape index (κ3) is 4.06. The second-order valence-electron chi connectivity index (χ2n) is 7.48. The van der Waals surface area contributed by atoms with Crippen molar-refractivity contribution in [2.24, 2.45) is 0 Å². The molecule has 0 saturated carbocycles. The number of carbonyl (C=O) groups is 2. The van der Waals surface area contributed by atoms with Crippen LogP contribution in [0.1, 0.15) is 29.7 Å². The van der Waals surface area contributed by atoms with E-state index in [1.807, 2.05) is 85.8 Å². The van der Waals surface area contributed by atoms with Gasteiger partial charge in [0.2, 0.25) is 5.91 Å². The summed E-state index contributed by atoms with van der Waals surface area (Å²) in [4.78, 5) is 27.4.